The molecule has 98 valence electrons. The van der Waals surface area contributed by atoms with Crippen molar-refractivity contribution in [3.8, 4) is 6.07 Å². The number of nitrogens with zero attached hydrogens (tertiary/aromatic N) is 1. The zero-order valence-electron chi connectivity index (χ0n) is 9.75. The Kier molecular flexibility index (Phi) is 6.47. The highest BCUT2D eigenvalue weighted by molar-refractivity contribution is 7.99. The Morgan fingerprint density at radius 2 is 2.06 bits per heavy atom. The molecule has 0 aliphatic rings. The Labute approximate surface area is 109 Å². The average Bonchev–Trinajstić information content (AvgIpc) is 2.38. The summed E-state index contributed by atoms with van der Waals surface area (Å²) in [5.41, 5.74) is -0.232. The first-order valence-electron chi connectivity index (χ1n) is 5.51. The molecule has 0 aromatic heterocycles. The summed E-state index contributed by atoms with van der Waals surface area (Å²) in [6.45, 7) is 0.661. The molecule has 0 heterocycles. The van der Waals surface area contributed by atoms with E-state index >= 15 is 0 Å². The van der Waals surface area contributed by atoms with Crippen LogP contribution in [0.4, 0.5) is 14.5 Å². The topological polar surface area (TPSA) is 56.0 Å². The number of rotatable bonds is 7. The molecule has 0 spiro atoms. The average molecular weight is 272 g/mol. The van der Waals surface area contributed by atoms with E-state index in [1.54, 1.807) is 17.8 Å². The van der Waals surface area contributed by atoms with Gasteiger partial charge in [0, 0.05) is 18.9 Å². The Balaban J connectivity index is 2.44. The summed E-state index contributed by atoms with van der Waals surface area (Å²) in [4.78, 5) is 0. The van der Waals surface area contributed by atoms with Gasteiger partial charge in [-0.05, 0) is 24.3 Å². The highest BCUT2D eigenvalue weighted by Crippen LogP contribution is 2.20. The van der Waals surface area contributed by atoms with Gasteiger partial charge in [0.1, 0.15) is 6.07 Å². The molecule has 0 aliphatic heterocycles. The van der Waals surface area contributed by atoms with E-state index in [0.29, 0.717) is 6.54 Å². The van der Waals surface area contributed by atoms with Crippen molar-refractivity contribution in [1.29, 1.82) is 5.26 Å². The first-order chi connectivity index (χ1) is 8.70. The predicted molar refractivity (Wildman–Crippen MR) is 68.6 cm³/mol. The summed E-state index contributed by atoms with van der Waals surface area (Å²) >= 11 is 1.62. The van der Waals surface area contributed by atoms with Crippen LogP contribution in [-0.2, 0) is 0 Å². The Hall–Kier alpha value is -1.32. The molecule has 2 N–H and O–H groups in total. The third-order valence-electron chi connectivity index (χ3n) is 2.21. The van der Waals surface area contributed by atoms with Crippen LogP contribution < -0.4 is 5.32 Å². The van der Waals surface area contributed by atoms with E-state index in [4.69, 9.17) is 10.4 Å². The number of aliphatic hydroxyl groups is 1. The van der Waals surface area contributed by atoms with Crippen LogP contribution in [0.5, 0.6) is 0 Å². The summed E-state index contributed by atoms with van der Waals surface area (Å²) in [7, 11) is 0. The molecule has 1 rings (SSSR count). The molecule has 0 fully saturated rings. The van der Waals surface area contributed by atoms with Crippen molar-refractivity contribution in [1.82, 2.24) is 0 Å². The van der Waals surface area contributed by atoms with Gasteiger partial charge in [-0.2, -0.15) is 17.0 Å². The van der Waals surface area contributed by atoms with Crippen molar-refractivity contribution in [3.63, 3.8) is 0 Å². The van der Waals surface area contributed by atoms with E-state index in [0.717, 1.165) is 17.9 Å². The van der Waals surface area contributed by atoms with Crippen molar-refractivity contribution >= 4 is 17.4 Å². The fourth-order valence-corrected chi connectivity index (χ4v) is 2.08. The van der Waals surface area contributed by atoms with E-state index in [1.165, 1.54) is 12.1 Å². The van der Waals surface area contributed by atoms with Gasteiger partial charge < -0.3 is 10.4 Å². The van der Waals surface area contributed by atoms with E-state index in [-0.39, 0.29) is 17.9 Å². The van der Waals surface area contributed by atoms with Crippen LogP contribution in [0, 0.1) is 23.0 Å². The molecule has 18 heavy (non-hydrogen) atoms. The van der Waals surface area contributed by atoms with Crippen LogP contribution in [0.25, 0.3) is 0 Å². The van der Waals surface area contributed by atoms with E-state index in [9.17, 15) is 8.78 Å². The van der Waals surface area contributed by atoms with Gasteiger partial charge in [-0.25, -0.2) is 8.78 Å². The number of aliphatic hydroxyl groups excluding tert-OH is 1. The third-order valence-corrected chi connectivity index (χ3v) is 3.28. The Morgan fingerprint density at radius 3 is 2.72 bits per heavy atom. The predicted octanol–water partition coefficient (Wildman–Crippen LogP) is 2.36. The van der Waals surface area contributed by atoms with E-state index < -0.39 is 11.6 Å². The SMILES string of the molecule is N#Cc1ccc(NCCSCCCO)c(F)c1F. The molecule has 6 heteroatoms. The quantitative estimate of drug-likeness (QED) is 0.748. The highest BCUT2D eigenvalue weighted by atomic mass is 32.2. The van der Waals surface area contributed by atoms with Crippen LogP contribution in [0.3, 0.4) is 0 Å². The standard InChI is InChI=1S/C12H14F2N2OS/c13-11-9(8-15)2-3-10(12(11)14)16-4-7-18-6-1-5-17/h2-3,16-17H,1,4-7H2. The second-order valence-corrected chi connectivity index (χ2v) is 4.74. The van der Waals surface area contributed by atoms with Gasteiger partial charge in [-0.1, -0.05) is 0 Å². The monoisotopic (exact) mass is 272 g/mol. The maximum Gasteiger partial charge on any atom is 0.183 e. The number of thioether (sulfide) groups is 1. The van der Waals surface area contributed by atoms with Gasteiger partial charge in [0.2, 0.25) is 0 Å². The fourth-order valence-electron chi connectivity index (χ4n) is 1.30. The minimum Gasteiger partial charge on any atom is -0.396 e. The van der Waals surface area contributed by atoms with Gasteiger partial charge in [0.15, 0.2) is 11.6 Å². The Morgan fingerprint density at radius 1 is 1.28 bits per heavy atom. The molecule has 0 saturated carbocycles. The van der Waals surface area contributed by atoms with Crippen molar-refractivity contribution in [2.24, 2.45) is 0 Å². The molecule has 0 amide bonds. The lowest BCUT2D eigenvalue weighted by atomic mass is 10.2. The molecule has 0 bridgehead atoms. The molecular formula is C12H14F2N2OS. The molecule has 0 aliphatic carbocycles. The first-order valence-corrected chi connectivity index (χ1v) is 6.66. The van der Waals surface area contributed by atoms with Crippen LogP contribution in [0.2, 0.25) is 0 Å². The molecule has 3 nitrogen and oxygen atoms in total. The van der Waals surface area contributed by atoms with Crippen molar-refractivity contribution in [2.45, 2.75) is 6.42 Å². The normalized spacial score (nSPS) is 10.1. The number of halogens is 2. The number of nitriles is 1. The highest BCUT2D eigenvalue weighted by Gasteiger charge is 2.12. The first kappa shape index (κ1) is 14.7. The smallest absolute Gasteiger partial charge is 0.183 e. The fraction of sp³-hybridized carbons (Fsp3) is 0.417. The molecule has 0 saturated heterocycles. The lowest BCUT2D eigenvalue weighted by Gasteiger charge is -2.08. The number of nitrogens with one attached hydrogen (secondary N) is 1. The maximum atomic E-state index is 13.5. The van der Waals surface area contributed by atoms with Crippen LogP contribution in [0.1, 0.15) is 12.0 Å². The maximum absolute atomic E-state index is 13.5. The lowest BCUT2D eigenvalue weighted by Crippen LogP contribution is -2.07. The zero-order chi connectivity index (χ0) is 13.4. The second kappa shape index (κ2) is 7.90. The molecule has 1 aromatic rings. The Bertz CT molecular complexity index is 435. The number of benzene rings is 1. The third kappa shape index (κ3) is 4.17. The van der Waals surface area contributed by atoms with Gasteiger partial charge in [0.25, 0.3) is 0 Å². The summed E-state index contributed by atoms with van der Waals surface area (Å²) in [5, 5.41) is 19.9. The number of hydrogen-bond acceptors (Lipinski definition) is 4. The molecule has 0 radical (unpaired) electrons. The lowest BCUT2D eigenvalue weighted by molar-refractivity contribution is 0.296. The largest absolute Gasteiger partial charge is 0.396 e. The summed E-state index contributed by atoms with van der Waals surface area (Å²) < 4.78 is 26.7. The van der Waals surface area contributed by atoms with Crippen molar-refractivity contribution in [3.05, 3.63) is 29.3 Å². The van der Waals surface area contributed by atoms with Crippen molar-refractivity contribution < 1.29 is 13.9 Å². The number of hydrogen-bond donors (Lipinski definition) is 2. The van der Waals surface area contributed by atoms with Gasteiger partial charge in [-0.3, -0.25) is 0 Å². The van der Waals surface area contributed by atoms with Crippen LogP contribution in [0.15, 0.2) is 12.1 Å². The number of anilines is 1. The van der Waals surface area contributed by atoms with Crippen molar-refractivity contribution in [2.75, 3.05) is 30.0 Å². The molecule has 1 aromatic carbocycles. The van der Waals surface area contributed by atoms with Crippen LogP contribution in [-0.4, -0.2) is 29.8 Å². The minimum absolute atomic E-state index is 0.0641. The zero-order valence-corrected chi connectivity index (χ0v) is 10.6. The van der Waals surface area contributed by atoms with Gasteiger partial charge >= 0.3 is 0 Å². The second-order valence-electron chi connectivity index (χ2n) is 3.52. The van der Waals surface area contributed by atoms with Crippen LogP contribution >= 0.6 is 11.8 Å². The molecule has 0 unspecified atom stereocenters. The summed E-state index contributed by atoms with van der Waals surface area (Å²) in [6.07, 6.45) is 0.727. The summed E-state index contributed by atoms with van der Waals surface area (Å²) in [5.74, 6) is -0.562. The van der Waals surface area contributed by atoms with E-state index in [1.807, 2.05) is 0 Å². The minimum atomic E-state index is -1.12. The van der Waals surface area contributed by atoms with Gasteiger partial charge in [0.05, 0.1) is 11.3 Å². The molecule has 0 atom stereocenters. The summed E-state index contributed by atoms with van der Waals surface area (Å²) in [6, 6.07) is 4.19. The molecular weight excluding hydrogens is 258 g/mol. The van der Waals surface area contributed by atoms with E-state index in [2.05, 4.69) is 5.32 Å². The van der Waals surface area contributed by atoms with Gasteiger partial charge in [-0.15, -0.1) is 0 Å².